The number of thiazole rings is 1. The molecule has 2 aromatic carbocycles. The molecule has 0 saturated carbocycles. The minimum absolute atomic E-state index is 0.100. The number of aromatic nitrogens is 1. The summed E-state index contributed by atoms with van der Waals surface area (Å²) in [5, 5.41) is 5.27. The summed E-state index contributed by atoms with van der Waals surface area (Å²) in [5.74, 6) is -0.104. The van der Waals surface area contributed by atoms with Crippen molar-refractivity contribution in [3.05, 3.63) is 40.7 Å². The fourth-order valence-corrected chi connectivity index (χ4v) is 5.15. The smallest absolute Gasteiger partial charge is 0.326 e. The molecule has 200 valence electrons. The van der Waals surface area contributed by atoms with E-state index < -0.39 is 21.9 Å². The number of nitrogens with two attached hydrogens (primary N) is 1. The highest BCUT2D eigenvalue weighted by molar-refractivity contribution is 7.89. The molecule has 37 heavy (non-hydrogen) atoms. The van der Waals surface area contributed by atoms with Gasteiger partial charge in [0.1, 0.15) is 6.54 Å². The first kappa shape index (κ1) is 28.2. The van der Waals surface area contributed by atoms with Crippen molar-refractivity contribution >= 4 is 43.5 Å². The number of fused-ring (bicyclic) bond motifs is 1. The molecule has 3 rings (SSSR count). The van der Waals surface area contributed by atoms with Crippen molar-refractivity contribution in [3.63, 3.8) is 0 Å². The maximum Gasteiger partial charge on any atom is 0.326 e. The van der Waals surface area contributed by atoms with Gasteiger partial charge in [-0.3, -0.25) is 9.59 Å². The van der Waals surface area contributed by atoms with E-state index in [-0.39, 0.29) is 28.4 Å². The van der Waals surface area contributed by atoms with Crippen LogP contribution in [0.25, 0.3) is 10.2 Å². The molecule has 11 nitrogen and oxygen atoms in total. The lowest BCUT2D eigenvalue weighted by atomic mass is 10.1. The van der Waals surface area contributed by atoms with Gasteiger partial charge < -0.3 is 23.5 Å². The van der Waals surface area contributed by atoms with E-state index in [0.29, 0.717) is 47.3 Å². The normalized spacial score (nSPS) is 12.0. The molecule has 13 heteroatoms. The molecule has 0 fully saturated rings. The van der Waals surface area contributed by atoms with Gasteiger partial charge in [0.05, 0.1) is 41.5 Å². The molecule has 0 aliphatic rings. The predicted molar refractivity (Wildman–Crippen MR) is 138 cm³/mol. The lowest BCUT2D eigenvalue weighted by Crippen LogP contribution is -2.23. The van der Waals surface area contributed by atoms with Crippen LogP contribution >= 0.6 is 11.3 Å². The Kier molecular flexibility index (Phi) is 9.29. The second-order valence-corrected chi connectivity index (χ2v) is 10.0. The molecular weight excluding hydrogens is 522 g/mol. The molecule has 1 heterocycles. The first-order valence-electron chi connectivity index (χ1n) is 11.6. The van der Waals surface area contributed by atoms with E-state index in [2.05, 4.69) is 4.99 Å². The molecule has 0 atom stereocenters. The average molecular weight is 552 g/mol. The summed E-state index contributed by atoms with van der Waals surface area (Å²) in [6.07, 6.45) is 0. The number of carbonyl (C=O) groups excluding carboxylic acids is 2. The van der Waals surface area contributed by atoms with E-state index in [1.807, 2.05) is 6.92 Å². The molecule has 0 aliphatic carbocycles. The Balaban J connectivity index is 2.19. The van der Waals surface area contributed by atoms with Gasteiger partial charge in [-0.2, -0.15) is 4.99 Å². The number of amides is 1. The Morgan fingerprint density at radius 1 is 0.946 bits per heavy atom. The van der Waals surface area contributed by atoms with Crippen molar-refractivity contribution in [1.29, 1.82) is 0 Å². The number of primary sulfonamides is 1. The zero-order valence-corrected chi connectivity index (χ0v) is 22.6. The first-order valence-corrected chi connectivity index (χ1v) is 14.0. The van der Waals surface area contributed by atoms with Crippen LogP contribution in [0.2, 0.25) is 0 Å². The summed E-state index contributed by atoms with van der Waals surface area (Å²) in [7, 11) is -3.96. The van der Waals surface area contributed by atoms with Crippen molar-refractivity contribution in [2.24, 2.45) is 10.1 Å². The van der Waals surface area contributed by atoms with Crippen molar-refractivity contribution < 1.29 is 37.0 Å². The van der Waals surface area contributed by atoms with Gasteiger partial charge in [0.2, 0.25) is 15.8 Å². The number of carbonyl (C=O) groups is 2. The molecule has 0 radical (unpaired) electrons. The number of ether oxygens (including phenoxy) is 4. The highest BCUT2D eigenvalue weighted by atomic mass is 32.2. The Hall–Kier alpha value is -3.42. The summed E-state index contributed by atoms with van der Waals surface area (Å²) >= 11 is 1.04. The van der Waals surface area contributed by atoms with Gasteiger partial charge >= 0.3 is 5.97 Å². The second kappa shape index (κ2) is 12.2. The van der Waals surface area contributed by atoms with E-state index in [1.165, 1.54) is 34.9 Å². The van der Waals surface area contributed by atoms with Crippen LogP contribution in [0, 0.1) is 0 Å². The third-order valence-corrected chi connectivity index (χ3v) is 6.88. The zero-order valence-electron chi connectivity index (χ0n) is 21.0. The van der Waals surface area contributed by atoms with Crippen LogP contribution in [0.5, 0.6) is 17.2 Å². The van der Waals surface area contributed by atoms with Gasteiger partial charge in [0, 0.05) is 5.56 Å². The number of hydrogen-bond donors (Lipinski definition) is 1. The Morgan fingerprint density at radius 3 is 2.11 bits per heavy atom. The number of benzene rings is 2. The largest absolute Gasteiger partial charge is 0.490 e. The van der Waals surface area contributed by atoms with Crippen LogP contribution in [0.3, 0.4) is 0 Å². The maximum atomic E-state index is 13.3. The Bertz CT molecular complexity index is 1450. The van der Waals surface area contributed by atoms with Crippen LogP contribution in [-0.4, -0.2) is 51.3 Å². The molecule has 0 bridgehead atoms. The number of hydrogen-bond acceptors (Lipinski definition) is 9. The van der Waals surface area contributed by atoms with Crippen LogP contribution in [-0.2, 0) is 26.1 Å². The molecule has 2 N–H and O–H groups in total. The van der Waals surface area contributed by atoms with Gasteiger partial charge in [-0.1, -0.05) is 11.3 Å². The third-order valence-electron chi connectivity index (χ3n) is 4.93. The van der Waals surface area contributed by atoms with Gasteiger partial charge in [0.15, 0.2) is 16.3 Å². The number of nitrogens with zero attached hydrogens (tertiary/aromatic N) is 2. The van der Waals surface area contributed by atoms with E-state index in [1.54, 1.807) is 20.8 Å². The number of rotatable bonds is 11. The minimum Gasteiger partial charge on any atom is -0.490 e. The Labute approximate surface area is 218 Å². The summed E-state index contributed by atoms with van der Waals surface area (Å²) < 4.78 is 47.7. The molecule has 3 aromatic rings. The molecule has 1 aromatic heterocycles. The molecular formula is C24H29N3O8S2. The van der Waals surface area contributed by atoms with Gasteiger partial charge in [0.25, 0.3) is 5.91 Å². The summed E-state index contributed by atoms with van der Waals surface area (Å²) in [4.78, 5) is 29.9. The van der Waals surface area contributed by atoms with Crippen LogP contribution < -0.4 is 24.2 Å². The fourth-order valence-electron chi connectivity index (χ4n) is 3.47. The van der Waals surface area contributed by atoms with E-state index in [9.17, 15) is 18.0 Å². The lowest BCUT2D eigenvalue weighted by Gasteiger charge is -2.16. The number of esters is 1. The van der Waals surface area contributed by atoms with Gasteiger partial charge in [-0.25, -0.2) is 13.6 Å². The van der Waals surface area contributed by atoms with E-state index in [0.717, 1.165) is 11.3 Å². The van der Waals surface area contributed by atoms with E-state index >= 15 is 0 Å². The molecule has 1 amide bonds. The minimum atomic E-state index is -3.96. The molecule has 0 spiro atoms. The van der Waals surface area contributed by atoms with Gasteiger partial charge in [-0.05, 0) is 58.0 Å². The van der Waals surface area contributed by atoms with Gasteiger partial charge in [-0.15, -0.1) is 0 Å². The molecule has 0 saturated heterocycles. The van der Waals surface area contributed by atoms with Crippen LogP contribution in [0.15, 0.2) is 40.2 Å². The highest BCUT2D eigenvalue weighted by Gasteiger charge is 2.20. The predicted octanol–water partition coefficient (Wildman–Crippen LogP) is 2.85. The average Bonchev–Trinajstić information content (AvgIpc) is 3.16. The van der Waals surface area contributed by atoms with Crippen LogP contribution in [0.1, 0.15) is 38.1 Å². The van der Waals surface area contributed by atoms with Crippen molar-refractivity contribution in [3.8, 4) is 17.2 Å². The standard InChI is InChI=1S/C24H29N3O8S2/c1-5-32-18-11-15(12-19(33-6-2)22(18)35-8-4)23(29)26-24-27(14-21(28)34-7-3)17-10-9-16(37(25,30)31)13-20(17)36-24/h9-13H,5-8,14H2,1-4H3,(H2,25,30,31). The first-order chi connectivity index (χ1) is 17.6. The summed E-state index contributed by atoms with van der Waals surface area (Å²) in [5.41, 5.74) is 0.675. The number of sulfonamides is 1. The van der Waals surface area contributed by atoms with Crippen molar-refractivity contribution in [2.75, 3.05) is 26.4 Å². The third kappa shape index (κ3) is 6.67. The second-order valence-electron chi connectivity index (χ2n) is 7.47. The monoisotopic (exact) mass is 551 g/mol. The van der Waals surface area contributed by atoms with Crippen LogP contribution in [0.4, 0.5) is 0 Å². The topological polar surface area (TPSA) is 149 Å². The van der Waals surface area contributed by atoms with E-state index in [4.69, 9.17) is 24.1 Å². The molecule has 0 unspecified atom stereocenters. The zero-order chi connectivity index (χ0) is 27.2. The fraction of sp³-hybridized carbons (Fsp3) is 0.375. The highest BCUT2D eigenvalue weighted by Crippen LogP contribution is 2.39. The lowest BCUT2D eigenvalue weighted by molar-refractivity contribution is -0.143. The SMILES string of the molecule is CCOC(=O)Cn1c(=NC(=O)c2cc(OCC)c(OCC)c(OCC)c2)sc2cc(S(N)(=O)=O)ccc21. The summed E-state index contributed by atoms with van der Waals surface area (Å²) in [6.45, 7) is 8.10. The maximum absolute atomic E-state index is 13.3. The quantitative estimate of drug-likeness (QED) is 0.358. The van der Waals surface area contributed by atoms with Crippen molar-refractivity contribution in [1.82, 2.24) is 4.57 Å². The van der Waals surface area contributed by atoms with Crippen molar-refractivity contribution in [2.45, 2.75) is 39.1 Å². The molecule has 0 aliphatic heterocycles. The Morgan fingerprint density at radius 2 is 1.57 bits per heavy atom. The summed E-state index contributed by atoms with van der Waals surface area (Å²) in [6, 6.07) is 7.24.